The molecule has 1 saturated heterocycles. The van der Waals surface area contributed by atoms with Crippen LogP contribution in [0.3, 0.4) is 0 Å². The van der Waals surface area contributed by atoms with Crippen LogP contribution >= 0.6 is 0 Å². The summed E-state index contributed by atoms with van der Waals surface area (Å²) in [7, 11) is -3.77. The van der Waals surface area contributed by atoms with Gasteiger partial charge in [-0.25, -0.2) is 12.8 Å². The van der Waals surface area contributed by atoms with Crippen LogP contribution in [0.2, 0.25) is 0 Å². The van der Waals surface area contributed by atoms with E-state index in [0.717, 1.165) is 12.0 Å². The molecular weight excluding hydrogens is 343 g/mol. The highest BCUT2D eigenvalue weighted by atomic mass is 32.2. The van der Waals surface area contributed by atoms with Crippen molar-refractivity contribution >= 4 is 21.6 Å². The number of nitrogens with zero attached hydrogens (tertiary/aromatic N) is 1. The monoisotopic (exact) mass is 362 g/mol. The Morgan fingerprint density at radius 3 is 2.36 bits per heavy atom. The van der Waals surface area contributed by atoms with E-state index >= 15 is 0 Å². The number of sulfonamides is 1. The van der Waals surface area contributed by atoms with Gasteiger partial charge in [0, 0.05) is 12.2 Å². The van der Waals surface area contributed by atoms with Gasteiger partial charge in [0.05, 0.1) is 4.90 Å². The molecule has 0 saturated carbocycles. The maximum atomic E-state index is 13.0. The van der Waals surface area contributed by atoms with Crippen molar-refractivity contribution in [2.45, 2.75) is 30.7 Å². The summed E-state index contributed by atoms with van der Waals surface area (Å²) in [5, 5.41) is 0. The maximum absolute atomic E-state index is 13.0. The highest BCUT2D eigenvalue weighted by Gasteiger charge is 2.35. The van der Waals surface area contributed by atoms with E-state index in [1.54, 1.807) is 24.3 Å². The van der Waals surface area contributed by atoms with Crippen LogP contribution in [0.4, 0.5) is 10.1 Å². The molecule has 7 heteroatoms. The Morgan fingerprint density at radius 2 is 1.76 bits per heavy atom. The van der Waals surface area contributed by atoms with Gasteiger partial charge in [-0.3, -0.25) is 4.79 Å². The van der Waals surface area contributed by atoms with E-state index in [4.69, 9.17) is 0 Å². The van der Waals surface area contributed by atoms with Crippen LogP contribution in [0.1, 0.15) is 18.9 Å². The average molecular weight is 362 g/mol. The Kier molecular flexibility index (Phi) is 4.87. The predicted octanol–water partition coefficient (Wildman–Crippen LogP) is 2.47. The van der Waals surface area contributed by atoms with Crippen LogP contribution in [0.5, 0.6) is 0 Å². The zero-order valence-electron chi connectivity index (χ0n) is 13.8. The van der Waals surface area contributed by atoms with Crippen LogP contribution in [0, 0.1) is 5.82 Å². The number of anilines is 1. The zero-order valence-corrected chi connectivity index (χ0v) is 14.6. The summed E-state index contributed by atoms with van der Waals surface area (Å²) in [4.78, 5) is 14.1. The minimum absolute atomic E-state index is 0.137. The molecule has 2 aromatic carbocycles. The number of hydrogen-bond acceptors (Lipinski definition) is 3. The lowest BCUT2D eigenvalue weighted by Gasteiger charge is -2.17. The molecule has 1 aliphatic heterocycles. The van der Waals surface area contributed by atoms with Gasteiger partial charge in [0.15, 0.2) is 0 Å². The molecular formula is C18H19FN2O3S. The fourth-order valence-corrected chi connectivity index (χ4v) is 4.05. The molecule has 0 aromatic heterocycles. The van der Waals surface area contributed by atoms with Gasteiger partial charge in [-0.2, -0.15) is 4.72 Å². The molecule has 25 heavy (non-hydrogen) atoms. The third-order valence-electron chi connectivity index (χ3n) is 4.28. The number of amides is 1. The smallest absolute Gasteiger partial charge is 0.245 e. The third-order valence-corrected chi connectivity index (χ3v) is 5.77. The summed E-state index contributed by atoms with van der Waals surface area (Å²) in [6, 6.07) is 11.3. The molecule has 1 atom stereocenters. The average Bonchev–Trinajstić information content (AvgIpc) is 2.96. The molecule has 1 N–H and O–H groups in total. The van der Waals surface area contributed by atoms with E-state index < -0.39 is 16.1 Å². The first-order valence-corrected chi connectivity index (χ1v) is 9.57. The van der Waals surface area contributed by atoms with Crippen molar-refractivity contribution in [2.75, 3.05) is 11.4 Å². The standard InChI is InChI=1S/C18H19FN2O3S/c1-2-13-3-9-16(10-4-13)25(23,24)20-17-11-12-21(18(17)22)15-7-5-14(19)6-8-15/h3-10,17,20H,2,11-12H2,1H3/t17-/m1/s1. The summed E-state index contributed by atoms with van der Waals surface area (Å²) in [5.74, 6) is -0.719. The fraction of sp³-hybridized carbons (Fsp3) is 0.278. The van der Waals surface area contributed by atoms with Crippen LogP contribution in [-0.2, 0) is 21.2 Å². The van der Waals surface area contributed by atoms with Crippen LogP contribution in [0.15, 0.2) is 53.4 Å². The quantitative estimate of drug-likeness (QED) is 0.889. The minimum atomic E-state index is -3.77. The van der Waals surface area contributed by atoms with Crippen LogP contribution in [0.25, 0.3) is 0 Å². The Bertz CT molecular complexity index is 864. The van der Waals surface area contributed by atoms with Crippen LogP contribution in [-0.4, -0.2) is 26.9 Å². The summed E-state index contributed by atoms with van der Waals surface area (Å²) < 4.78 is 40.5. The minimum Gasteiger partial charge on any atom is -0.311 e. The molecule has 3 rings (SSSR count). The number of carbonyl (C=O) groups is 1. The van der Waals surface area contributed by atoms with Gasteiger partial charge >= 0.3 is 0 Å². The fourth-order valence-electron chi connectivity index (χ4n) is 2.83. The maximum Gasteiger partial charge on any atom is 0.245 e. The number of aryl methyl sites for hydroxylation is 1. The van der Waals surface area contributed by atoms with Crippen molar-refractivity contribution in [1.82, 2.24) is 4.72 Å². The van der Waals surface area contributed by atoms with E-state index in [0.29, 0.717) is 18.7 Å². The summed E-state index contributed by atoms with van der Waals surface area (Å²) in [5.41, 5.74) is 1.60. The molecule has 0 bridgehead atoms. The van der Waals surface area contributed by atoms with Crippen LogP contribution < -0.4 is 9.62 Å². The lowest BCUT2D eigenvalue weighted by atomic mass is 10.2. The van der Waals surface area contributed by atoms with Gasteiger partial charge in [-0.05, 0) is 54.8 Å². The lowest BCUT2D eigenvalue weighted by Crippen LogP contribution is -2.41. The van der Waals surface area contributed by atoms with Crippen molar-refractivity contribution < 1.29 is 17.6 Å². The number of benzene rings is 2. The van der Waals surface area contributed by atoms with E-state index in [1.165, 1.54) is 29.2 Å². The summed E-state index contributed by atoms with van der Waals surface area (Å²) in [6.45, 7) is 2.37. The Balaban J connectivity index is 1.74. The van der Waals surface area contributed by atoms with Crippen molar-refractivity contribution in [2.24, 2.45) is 0 Å². The second kappa shape index (κ2) is 6.93. The molecule has 1 amide bonds. The number of carbonyl (C=O) groups excluding carboxylic acids is 1. The van der Waals surface area contributed by atoms with Gasteiger partial charge < -0.3 is 4.90 Å². The first-order valence-electron chi connectivity index (χ1n) is 8.09. The number of halogens is 1. The van der Waals surface area contributed by atoms with Gasteiger partial charge in [0.25, 0.3) is 0 Å². The number of hydrogen-bond donors (Lipinski definition) is 1. The zero-order chi connectivity index (χ0) is 18.0. The van der Waals surface area contributed by atoms with Gasteiger partial charge in [-0.15, -0.1) is 0 Å². The third kappa shape index (κ3) is 3.72. The van der Waals surface area contributed by atoms with E-state index in [2.05, 4.69) is 4.72 Å². The Labute approximate surface area is 146 Å². The molecule has 0 spiro atoms. The van der Waals surface area contributed by atoms with Crippen molar-refractivity contribution in [3.8, 4) is 0 Å². The van der Waals surface area contributed by atoms with Crippen molar-refractivity contribution in [3.63, 3.8) is 0 Å². The molecule has 1 heterocycles. The Morgan fingerprint density at radius 1 is 1.12 bits per heavy atom. The number of rotatable bonds is 5. The Hall–Kier alpha value is -2.25. The second-order valence-corrected chi connectivity index (χ2v) is 7.64. The van der Waals surface area contributed by atoms with Crippen molar-refractivity contribution in [1.29, 1.82) is 0 Å². The molecule has 0 radical (unpaired) electrons. The topological polar surface area (TPSA) is 66.5 Å². The first kappa shape index (κ1) is 17.6. The molecule has 0 unspecified atom stereocenters. The van der Waals surface area contributed by atoms with Gasteiger partial charge in [0.1, 0.15) is 11.9 Å². The molecule has 1 aliphatic rings. The largest absolute Gasteiger partial charge is 0.311 e. The number of nitrogens with one attached hydrogen (secondary N) is 1. The van der Waals surface area contributed by atoms with E-state index in [9.17, 15) is 17.6 Å². The molecule has 0 aliphatic carbocycles. The highest BCUT2D eigenvalue weighted by molar-refractivity contribution is 7.89. The summed E-state index contributed by atoms with van der Waals surface area (Å²) >= 11 is 0. The van der Waals surface area contributed by atoms with Gasteiger partial charge in [0.2, 0.25) is 15.9 Å². The van der Waals surface area contributed by atoms with Gasteiger partial charge in [-0.1, -0.05) is 19.1 Å². The predicted molar refractivity (Wildman–Crippen MR) is 93.3 cm³/mol. The molecule has 132 valence electrons. The molecule has 2 aromatic rings. The lowest BCUT2D eigenvalue weighted by molar-refractivity contribution is -0.118. The van der Waals surface area contributed by atoms with Crippen molar-refractivity contribution in [3.05, 3.63) is 59.9 Å². The van der Waals surface area contributed by atoms with E-state index in [1.807, 2.05) is 6.92 Å². The molecule has 1 fully saturated rings. The highest BCUT2D eigenvalue weighted by Crippen LogP contribution is 2.23. The second-order valence-electron chi connectivity index (χ2n) is 5.93. The normalized spacial score (nSPS) is 17.9. The first-order chi connectivity index (χ1) is 11.9. The summed E-state index contributed by atoms with van der Waals surface area (Å²) in [6.07, 6.45) is 1.18. The van der Waals surface area contributed by atoms with E-state index in [-0.39, 0.29) is 16.6 Å². The SMILES string of the molecule is CCc1ccc(S(=O)(=O)N[C@@H]2CCN(c3ccc(F)cc3)C2=O)cc1. The molecule has 5 nitrogen and oxygen atoms in total.